The van der Waals surface area contributed by atoms with E-state index in [0.717, 1.165) is 16.7 Å². The number of amides is 1. The molecule has 0 heterocycles. The Morgan fingerprint density at radius 2 is 1.72 bits per heavy atom. The lowest BCUT2D eigenvalue weighted by molar-refractivity contribution is -0.136. The molecule has 0 radical (unpaired) electrons. The molecular weight excluding hydrogens is 358 g/mol. The van der Waals surface area contributed by atoms with Crippen LogP contribution in [0.2, 0.25) is 5.02 Å². The van der Waals surface area contributed by atoms with Crippen LogP contribution in [0.15, 0.2) is 48.5 Å². The van der Waals surface area contributed by atoms with Gasteiger partial charge in [0.05, 0.1) is 0 Å². The maximum Gasteiger partial charge on any atom is 0.317 e. The molecule has 0 aliphatic rings. The summed E-state index contributed by atoms with van der Waals surface area (Å²) in [7, 11) is 0. The molecule has 0 aliphatic carbocycles. The van der Waals surface area contributed by atoms with E-state index in [2.05, 4.69) is 0 Å². The number of hydrogen-bond acceptors (Lipinski definition) is 3. The first-order chi connectivity index (χ1) is 12.0. The van der Waals surface area contributed by atoms with E-state index in [-0.39, 0.29) is 0 Å². The number of hydrogen-bond donors (Lipinski definition) is 2. The molecule has 1 amide bonds. The van der Waals surface area contributed by atoms with Gasteiger partial charge in [-0.3, -0.25) is 9.59 Å². The Labute approximate surface area is 157 Å². The first kappa shape index (κ1) is 21.1. The van der Waals surface area contributed by atoms with Crippen molar-refractivity contribution in [2.45, 2.75) is 31.9 Å². The van der Waals surface area contributed by atoms with Gasteiger partial charge in [0.25, 0.3) is 5.24 Å². The second kappa shape index (κ2) is 10.8. The van der Waals surface area contributed by atoms with Crippen molar-refractivity contribution in [2.75, 3.05) is 0 Å². The van der Waals surface area contributed by atoms with Crippen molar-refractivity contribution in [3.8, 4) is 11.1 Å². The van der Waals surface area contributed by atoms with E-state index in [1.54, 1.807) is 0 Å². The zero-order valence-electron chi connectivity index (χ0n) is 14.2. The summed E-state index contributed by atoms with van der Waals surface area (Å²) in [4.78, 5) is 22.0. The summed E-state index contributed by atoms with van der Waals surface area (Å²) in [6.07, 6.45) is 0.897. The van der Waals surface area contributed by atoms with Gasteiger partial charge < -0.3 is 10.8 Å². The number of aliphatic carboxylic acids is 1. The van der Waals surface area contributed by atoms with E-state index in [4.69, 9.17) is 22.4 Å². The zero-order valence-corrected chi connectivity index (χ0v) is 15.8. The third-order valence-corrected chi connectivity index (χ3v) is 4.65. The van der Waals surface area contributed by atoms with Crippen LogP contribution in [0.5, 0.6) is 0 Å². The Kier molecular flexibility index (Phi) is 9.10. The number of carbonyl (C=O) groups is 2. The van der Waals surface area contributed by atoms with Crippen molar-refractivity contribution >= 4 is 34.6 Å². The maximum atomic E-state index is 11.1. The van der Waals surface area contributed by atoms with Crippen LogP contribution in [-0.2, 0) is 11.2 Å². The molecule has 0 fully saturated rings. The van der Waals surface area contributed by atoms with Crippen LogP contribution in [0.3, 0.4) is 0 Å². The monoisotopic (exact) mass is 379 g/mol. The molecule has 2 rings (SSSR count). The van der Waals surface area contributed by atoms with E-state index in [1.165, 1.54) is 0 Å². The summed E-state index contributed by atoms with van der Waals surface area (Å²) in [5.74, 6) is -1.03. The van der Waals surface area contributed by atoms with Crippen molar-refractivity contribution < 1.29 is 14.7 Å². The highest BCUT2D eigenvalue weighted by atomic mass is 35.5. The average molecular weight is 380 g/mol. The third kappa shape index (κ3) is 6.80. The van der Waals surface area contributed by atoms with Gasteiger partial charge >= 0.3 is 5.97 Å². The summed E-state index contributed by atoms with van der Waals surface area (Å²) in [5, 5.41) is 8.27. The predicted molar refractivity (Wildman–Crippen MR) is 105 cm³/mol. The molecule has 134 valence electrons. The Morgan fingerprint density at radius 1 is 1.12 bits per heavy atom. The van der Waals surface area contributed by atoms with E-state index in [0.29, 0.717) is 29.6 Å². The number of carboxylic acids is 1. The van der Waals surface area contributed by atoms with Gasteiger partial charge in [0.2, 0.25) is 0 Å². The molecule has 3 N–H and O–H groups in total. The molecule has 0 spiro atoms. The standard InChI is InChI=1S/C17H16ClNO3S.C2H6/c18-14-4-2-1-3-13(14)12-8-5-11(6-9-12)7-10-15(16(20)21)23-17(19)22;1-2/h1-6,8-9,15H,7,10H2,(H2,19,22)(H,20,21);1-2H3. The van der Waals surface area contributed by atoms with Crippen molar-refractivity contribution in [1.29, 1.82) is 0 Å². The summed E-state index contributed by atoms with van der Waals surface area (Å²) < 4.78 is 0. The molecule has 2 aromatic carbocycles. The lowest BCUT2D eigenvalue weighted by Crippen LogP contribution is -2.21. The molecule has 6 heteroatoms. The summed E-state index contributed by atoms with van der Waals surface area (Å²) in [6.45, 7) is 4.00. The molecule has 1 unspecified atom stereocenters. The van der Waals surface area contributed by atoms with Crippen LogP contribution in [0.25, 0.3) is 11.1 Å². The molecule has 0 saturated heterocycles. The van der Waals surface area contributed by atoms with E-state index >= 15 is 0 Å². The molecule has 0 aliphatic heterocycles. The molecule has 0 saturated carbocycles. The van der Waals surface area contributed by atoms with Crippen molar-refractivity contribution in [2.24, 2.45) is 5.73 Å². The first-order valence-corrected chi connectivity index (χ1v) is 9.26. The Balaban J connectivity index is 0.00000151. The largest absolute Gasteiger partial charge is 0.480 e. The molecule has 1 atom stereocenters. The number of rotatable bonds is 6. The normalized spacial score (nSPS) is 11.2. The Morgan fingerprint density at radius 3 is 2.24 bits per heavy atom. The van der Waals surface area contributed by atoms with Crippen LogP contribution in [0.1, 0.15) is 25.8 Å². The second-order valence-corrected chi connectivity index (χ2v) is 6.59. The minimum Gasteiger partial charge on any atom is -0.480 e. The highest BCUT2D eigenvalue weighted by molar-refractivity contribution is 8.14. The summed E-state index contributed by atoms with van der Waals surface area (Å²) >= 11 is 6.82. The fourth-order valence-corrected chi connectivity index (χ4v) is 3.08. The fourth-order valence-electron chi connectivity index (χ4n) is 2.22. The molecule has 4 nitrogen and oxygen atoms in total. The molecule has 0 bridgehead atoms. The first-order valence-electron chi connectivity index (χ1n) is 8.00. The lowest BCUT2D eigenvalue weighted by atomic mass is 10.0. The van der Waals surface area contributed by atoms with Crippen LogP contribution in [0.4, 0.5) is 4.79 Å². The van der Waals surface area contributed by atoms with Crippen LogP contribution >= 0.6 is 23.4 Å². The Bertz CT molecular complexity index is 704. The fraction of sp³-hybridized carbons (Fsp3) is 0.263. The van der Waals surface area contributed by atoms with Gasteiger partial charge in [-0.15, -0.1) is 0 Å². The van der Waals surface area contributed by atoms with Gasteiger partial charge in [-0.2, -0.15) is 0 Å². The topological polar surface area (TPSA) is 80.4 Å². The van der Waals surface area contributed by atoms with Gasteiger partial charge in [0.1, 0.15) is 5.25 Å². The Hall–Kier alpha value is -1.98. The van der Waals surface area contributed by atoms with Gasteiger partial charge in [-0.05, 0) is 41.8 Å². The van der Waals surface area contributed by atoms with Crippen LogP contribution < -0.4 is 5.73 Å². The number of carbonyl (C=O) groups excluding carboxylic acids is 1. The quantitative estimate of drug-likeness (QED) is 0.719. The molecule has 2 aromatic rings. The van der Waals surface area contributed by atoms with Crippen LogP contribution in [0, 0.1) is 0 Å². The number of thioether (sulfide) groups is 1. The maximum absolute atomic E-state index is 11.1. The van der Waals surface area contributed by atoms with Crippen molar-refractivity contribution in [1.82, 2.24) is 0 Å². The van der Waals surface area contributed by atoms with Gasteiger partial charge in [0, 0.05) is 10.6 Å². The van der Waals surface area contributed by atoms with Crippen molar-refractivity contribution in [3.05, 3.63) is 59.1 Å². The molecular formula is C19H22ClNO3S. The molecule has 25 heavy (non-hydrogen) atoms. The zero-order chi connectivity index (χ0) is 18.8. The molecule has 0 aromatic heterocycles. The number of primary amides is 1. The van der Waals surface area contributed by atoms with E-state index in [9.17, 15) is 9.59 Å². The SMILES string of the molecule is CC.NC(=O)SC(CCc1ccc(-c2ccccc2Cl)cc1)C(=O)O. The number of halogens is 1. The second-order valence-electron chi connectivity index (χ2n) is 4.98. The number of aryl methyl sites for hydroxylation is 1. The van der Waals surface area contributed by atoms with Gasteiger partial charge in [-0.1, -0.05) is 67.9 Å². The lowest BCUT2D eigenvalue weighted by Gasteiger charge is -2.10. The van der Waals surface area contributed by atoms with Crippen molar-refractivity contribution in [3.63, 3.8) is 0 Å². The number of benzene rings is 2. The predicted octanol–water partition coefficient (Wildman–Crippen LogP) is 5.23. The van der Waals surface area contributed by atoms with Gasteiger partial charge in [-0.25, -0.2) is 0 Å². The highest BCUT2D eigenvalue weighted by Gasteiger charge is 2.20. The summed E-state index contributed by atoms with van der Waals surface area (Å²) in [5.41, 5.74) is 8.00. The number of carboxylic acid groups (broad SMARTS) is 1. The highest BCUT2D eigenvalue weighted by Crippen LogP contribution is 2.28. The van der Waals surface area contributed by atoms with Crippen LogP contribution in [-0.4, -0.2) is 21.6 Å². The van der Waals surface area contributed by atoms with E-state index in [1.807, 2.05) is 62.4 Å². The minimum absolute atomic E-state index is 0.342. The number of nitrogens with two attached hydrogens (primary N) is 1. The summed E-state index contributed by atoms with van der Waals surface area (Å²) in [6, 6.07) is 15.4. The van der Waals surface area contributed by atoms with Gasteiger partial charge in [0.15, 0.2) is 0 Å². The van der Waals surface area contributed by atoms with E-state index < -0.39 is 16.5 Å². The minimum atomic E-state index is -1.03. The smallest absolute Gasteiger partial charge is 0.317 e. The third-order valence-electron chi connectivity index (χ3n) is 3.37. The average Bonchev–Trinajstić information content (AvgIpc) is 2.61.